The van der Waals surface area contributed by atoms with Gasteiger partial charge < -0.3 is 20.3 Å². The second-order valence-corrected chi connectivity index (χ2v) is 7.31. The van der Waals surface area contributed by atoms with Crippen LogP contribution < -0.4 is 10.6 Å². The van der Waals surface area contributed by atoms with Gasteiger partial charge in [0.25, 0.3) is 0 Å². The van der Waals surface area contributed by atoms with E-state index < -0.39 is 0 Å². The van der Waals surface area contributed by atoms with Crippen molar-refractivity contribution in [1.29, 1.82) is 0 Å². The van der Waals surface area contributed by atoms with E-state index in [1.807, 2.05) is 7.05 Å². The molecule has 2 aliphatic heterocycles. The first kappa shape index (κ1) is 17.5. The van der Waals surface area contributed by atoms with E-state index in [0.29, 0.717) is 12.0 Å². The zero-order valence-corrected chi connectivity index (χ0v) is 14.8. The molecule has 0 amide bonds. The summed E-state index contributed by atoms with van der Waals surface area (Å²) in [4.78, 5) is 6.93. The van der Waals surface area contributed by atoms with Gasteiger partial charge in [-0.25, -0.2) is 0 Å². The molecule has 2 fully saturated rings. The minimum atomic E-state index is -0.0309. The Morgan fingerprint density at radius 2 is 2.18 bits per heavy atom. The van der Waals surface area contributed by atoms with Crippen LogP contribution in [0.15, 0.2) is 4.99 Å². The lowest BCUT2D eigenvalue weighted by atomic mass is 9.97. The van der Waals surface area contributed by atoms with Crippen molar-refractivity contribution in [2.24, 2.45) is 10.9 Å². The highest BCUT2D eigenvalue weighted by Gasteiger charge is 2.29. The number of hydrogen-bond donors (Lipinski definition) is 2. The maximum absolute atomic E-state index is 5.82. The molecule has 2 N–H and O–H groups in total. The van der Waals surface area contributed by atoms with Crippen molar-refractivity contribution in [3.05, 3.63) is 0 Å². The number of piperidine rings is 1. The molecule has 5 heteroatoms. The Labute approximate surface area is 135 Å². The van der Waals surface area contributed by atoms with Crippen LogP contribution in [0.1, 0.15) is 46.5 Å². The van der Waals surface area contributed by atoms with Crippen LogP contribution in [0.2, 0.25) is 0 Å². The topological polar surface area (TPSA) is 48.9 Å². The average molecular weight is 310 g/mol. The lowest BCUT2D eigenvalue weighted by Gasteiger charge is -2.35. The van der Waals surface area contributed by atoms with Gasteiger partial charge in [-0.15, -0.1) is 0 Å². The monoisotopic (exact) mass is 310 g/mol. The third kappa shape index (κ3) is 5.13. The molecule has 2 unspecified atom stereocenters. The van der Waals surface area contributed by atoms with E-state index in [-0.39, 0.29) is 5.60 Å². The average Bonchev–Trinajstić information content (AvgIpc) is 2.95. The van der Waals surface area contributed by atoms with Crippen LogP contribution in [0.3, 0.4) is 0 Å². The summed E-state index contributed by atoms with van der Waals surface area (Å²) < 4.78 is 5.82. The van der Waals surface area contributed by atoms with E-state index in [9.17, 15) is 0 Å². The predicted molar refractivity (Wildman–Crippen MR) is 92.4 cm³/mol. The number of nitrogens with zero attached hydrogens (tertiary/aromatic N) is 2. The Hall–Kier alpha value is -0.810. The van der Waals surface area contributed by atoms with Gasteiger partial charge >= 0.3 is 0 Å². The quantitative estimate of drug-likeness (QED) is 0.601. The molecule has 2 aliphatic rings. The lowest BCUT2D eigenvalue weighted by molar-refractivity contribution is 0.0242. The summed E-state index contributed by atoms with van der Waals surface area (Å²) in [5, 5.41) is 6.92. The van der Waals surface area contributed by atoms with Gasteiger partial charge in [-0.1, -0.05) is 0 Å². The zero-order valence-electron chi connectivity index (χ0n) is 14.8. The molecule has 22 heavy (non-hydrogen) atoms. The number of likely N-dealkylation sites (tertiary alicyclic amines) is 1. The van der Waals surface area contributed by atoms with Gasteiger partial charge in [0.2, 0.25) is 0 Å². The van der Waals surface area contributed by atoms with Crippen molar-refractivity contribution < 1.29 is 4.74 Å². The Morgan fingerprint density at radius 1 is 1.36 bits per heavy atom. The summed E-state index contributed by atoms with van der Waals surface area (Å²) >= 11 is 0. The second kappa shape index (κ2) is 8.16. The molecule has 2 atom stereocenters. The van der Waals surface area contributed by atoms with Crippen LogP contribution in [0, 0.1) is 5.92 Å². The van der Waals surface area contributed by atoms with Crippen LogP contribution >= 0.6 is 0 Å². The molecule has 0 aromatic carbocycles. The molecular weight excluding hydrogens is 276 g/mol. The summed E-state index contributed by atoms with van der Waals surface area (Å²) in [5.41, 5.74) is -0.0309. The highest BCUT2D eigenvalue weighted by molar-refractivity contribution is 5.79. The van der Waals surface area contributed by atoms with Crippen molar-refractivity contribution >= 4 is 5.96 Å². The van der Waals surface area contributed by atoms with Crippen molar-refractivity contribution in [3.63, 3.8) is 0 Å². The third-order valence-corrected chi connectivity index (χ3v) is 4.99. The van der Waals surface area contributed by atoms with Crippen LogP contribution in [0.4, 0.5) is 0 Å². The van der Waals surface area contributed by atoms with E-state index >= 15 is 0 Å². The Bertz CT molecular complexity index is 364. The Kier molecular flexibility index (Phi) is 6.50. The smallest absolute Gasteiger partial charge is 0.191 e. The predicted octanol–water partition coefficient (Wildman–Crippen LogP) is 1.84. The van der Waals surface area contributed by atoms with Gasteiger partial charge in [-0.3, -0.25) is 4.99 Å². The van der Waals surface area contributed by atoms with Gasteiger partial charge in [-0.2, -0.15) is 0 Å². The van der Waals surface area contributed by atoms with Gasteiger partial charge in [-0.05, 0) is 58.9 Å². The fraction of sp³-hybridized carbons (Fsp3) is 0.941. The third-order valence-electron chi connectivity index (χ3n) is 4.99. The van der Waals surface area contributed by atoms with Crippen molar-refractivity contribution in [2.75, 3.05) is 39.8 Å². The molecular formula is C17H34N4O. The van der Waals surface area contributed by atoms with E-state index in [1.54, 1.807) is 0 Å². The molecule has 0 aromatic heterocycles. The van der Waals surface area contributed by atoms with E-state index in [4.69, 9.17) is 4.74 Å². The Morgan fingerprint density at radius 3 is 2.82 bits per heavy atom. The lowest BCUT2D eigenvalue weighted by Crippen LogP contribution is -2.48. The van der Waals surface area contributed by atoms with Gasteiger partial charge in [0.1, 0.15) is 0 Å². The number of aliphatic imine (C=N–C) groups is 1. The largest absolute Gasteiger partial charge is 0.373 e. The standard InChI is InChI=1S/C17H34N4O/c1-14(2)21-9-5-7-15(12-21)11-19-16(18-4)20-13-17(3)8-6-10-22-17/h14-15H,5-13H2,1-4H3,(H2,18,19,20). The van der Waals surface area contributed by atoms with Gasteiger partial charge in [0, 0.05) is 39.3 Å². The zero-order chi connectivity index (χ0) is 16.0. The molecule has 0 radical (unpaired) electrons. The van der Waals surface area contributed by atoms with Gasteiger partial charge in [0.15, 0.2) is 5.96 Å². The first-order valence-electron chi connectivity index (χ1n) is 8.85. The molecule has 0 aromatic rings. The van der Waals surface area contributed by atoms with Crippen LogP contribution in [0.25, 0.3) is 0 Å². The number of rotatable bonds is 5. The maximum Gasteiger partial charge on any atom is 0.191 e. The molecule has 2 heterocycles. The Balaban J connectivity index is 1.72. The summed E-state index contributed by atoms with van der Waals surface area (Å²) in [6, 6.07) is 0.653. The molecule has 0 bridgehead atoms. The van der Waals surface area contributed by atoms with Crippen molar-refractivity contribution in [3.8, 4) is 0 Å². The maximum atomic E-state index is 5.82. The SMILES string of the molecule is CN=C(NCC1CCCN(C(C)C)C1)NCC1(C)CCCO1. The number of hydrogen-bond acceptors (Lipinski definition) is 3. The van der Waals surface area contributed by atoms with Crippen LogP contribution in [-0.2, 0) is 4.74 Å². The van der Waals surface area contributed by atoms with E-state index in [1.165, 1.54) is 25.9 Å². The number of guanidine groups is 1. The van der Waals surface area contributed by atoms with Gasteiger partial charge in [0.05, 0.1) is 5.60 Å². The van der Waals surface area contributed by atoms with Crippen LogP contribution in [0.5, 0.6) is 0 Å². The van der Waals surface area contributed by atoms with E-state index in [0.717, 1.165) is 38.5 Å². The molecule has 0 saturated carbocycles. The molecule has 2 saturated heterocycles. The minimum Gasteiger partial charge on any atom is -0.373 e. The highest BCUT2D eigenvalue weighted by Crippen LogP contribution is 2.23. The molecule has 0 aliphatic carbocycles. The second-order valence-electron chi connectivity index (χ2n) is 7.31. The van der Waals surface area contributed by atoms with E-state index in [2.05, 4.69) is 41.3 Å². The normalized spacial score (nSPS) is 30.8. The summed E-state index contributed by atoms with van der Waals surface area (Å²) in [5.74, 6) is 1.62. The molecule has 5 nitrogen and oxygen atoms in total. The summed E-state index contributed by atoms with van der Waals surface area (Å²) in [6.07, 6.45) is 4.91. The first-order chi connectivity index (χ1) is 10.5. The van der Waals surface area contributed by atoms with Crippen molar-refractivity contribution in [1.82, 2.24) is 15.5 Å². The summed E-state index contributed by atoms with van der Waals surface area (Å²) in [7, 11) is 1.84. The first-order valence-corrected chi connectivity index (χ1v) is 8.85. The van der Waals surface area contributed by atoms with Crippen molar-refractivity contribution in [2.45, 2.75) is 58.1 Å². The number of ether oxygens (including phenoxy) is 1. The molecule has 128 valence electrons. The highest BCUT2D eigenvalue weighted by atomic mass is 16.5. The van der Waals surface area contributed by atoms with Crippen LogP contribution in [-0.4, -0.2) is 62.3 Å². The summed E-state index contributed by atoms with van der Waals surface area (Å²) in [6.45, 7) is 11.9. The molecule has 2 rings (SSSR count). The molecule has 0 spiro atoms. The minimum absolute atomic E-state index is 0.0309. The fourth-order valence-electron chi connectivity index (χ4n) is 3.44. The number of nitrogens with one attached hydrogen (secondary N) is 2. The fourth-order valence-corrected chi connectivity index (χ4v) is 3.44.